The maximum atomic E-state index is 11.0. The van der Waals surface area contributed by atoms with Crippen LogP contribution < -0.4 is 4.90 Å². The SMILES string of the molecule is O=C(O)c1ccc2cccc(N3CCCC3)c2n1. The molecule has 0 saturated carbocycles. The summed E-state index contributed by atoms with van der Waals surface area (Å²) in [6, 6.07) is 9.36. The highest BCUT2D eigenvalue weighted by molar-refractivity contribution is 5.95. The molecule has 18 heavy (non-hydrogen) atoms. The van der Waals surface area contributed by atoms with E-state index in [4.69, 9.17) is 5.11 Å². The number of benzene rings is 1. The van der Waals surface area contributed by atoms with E-state index >= 15 is 0 Å². The molecule has 0 amide bonds. The van der Waals surface area contributed by atoms with E-state index in [-0.39, 0.29) is 5.69 Å². The van der Waals surface area contributed by atoms with Crippen LogP contribution in [-0.2, 0) is 0 Å². The lowest BCUT2D eigenvalue weighted by Gasteiger charge is -2.19. The summed E-state index contributed by atoms with van der Waals surface area (Å²) in [4.78, 5) is 17.6. The number of rotatable bonds is 2. The Morgan fingerprint density at radius 2 is 1.94 bits per heavy atom. The molecule has 0 aliphatic carbocycles. The zero-order valence-corrected chi connectivity index (χ0v) is 9.97. The second-order valence-electron chi connectivity index (χ2n) is 4.54. The van der Waals surface area contributed by atoms with E-state index in [1.54, 1.807) is 6.07 Å². The molecule has 0 radical (unpaired) electrons. The molecule has 2 heterocycles. The predicted molar refractivity (Wildman–Crippen MR) is 70.1 cm³/mol. The predicted octanol–water partition coefficient (Wildman–Crippen LogP) is 2.53. The van der Waals surface area contributed by atoms with Gasteiger partial charge in [0.15, 0.2) is 0 Å². The highest BCUT2D eigenvalue weighted by Gasteiger charge is 2.16. The molecule has 2 aromatic rings. The van der Waals surface area contributed by atoms with Crippen molar-refractivity contribution in [2.75, 3.05) is 18.0 Å². The van der Waals surface area contributed by atoms with Gasteiger partial charge in [-0.3, -0.25) is 0 Å². The Kier molecular flexibility index (Phi) is 2.63. The van der Waals surface area contributed by atoms with Crippen molar-refractivity contribution >= 4 is 22.6 Å². The van der Waals surface area contributed by atoms with Crippen LogP contribution in [0.3, 0.4) is 0 Å². The van der Waals surface area contributed by atoms with E-state index in [2.05, 4.69) is 9.88 Å². The Bertz CT molecular complexity index is 604. The number of para-hydroxylation sites is 1. The van der Waals surface area contributed by atoms with Gasteiger partial charge in [0.05, 0.1) is 11.2 Å². The molecule has 0 bridgehead atoms. The van der Waals surface area contributed by atoms with Crippen molar-refractivity contribution in [3.05, 3.63) is 36.0 Å². The summed E-state index contributed by atoms with van der Waals surface area (Å²) in [6.07, 6.45) is 2.38. The molecule has 3 rings (SSSR count). The molecule has 1 aliphatic heterocycles. The van der Waals surface area contributed by atoms with Crippen molar-refractivity contribution in [3.8, 4) is 0 Å². The number of carboxylic acid groups (broad SMARTS) is 1. The Balaban J connectivity index is 2.17. The van der Waals surface area contributed by atoms with Crippen LogP contribution in [-0.4, -0.2) is 29.1 Å². The molecule has 92 valence electrons. The van der Waals surface area contributed by atoms with Gasteiger partial charge in [0.25, 0.3) is 0 Å². The highest BCUT2D eigenvalue weighted by atomic mass is 16.4. The van der Waals surface area contributed by atoms with E-state index in [1.165, 1.54) is 12.8 Å². The smallest absolute Gasteiger partial charge is 0.354 e. The first-order valence-electron chi connectivity index (χ1n) is 6.14. The normalized spacial score (nSPS) is 15.2. The Labute approximate surface area is 105 Å². The van der Waals surface area contributed by atoms with Gasteiger partial charge >= 0.3 is 5.97 Å². The largest absolute Gasteiger partial charge is 0.477 e. The minimum absolute atomic E-state index is 0.106. The van der Waals surface area contributed by atoms with Crippen molar-refractivity contribution in [2.24, 2.45) is 0 Å². The van der Waals surface area contributed by atoms with Crippen LogP contribution in [0.2, 0.25) is 0 Å². The van der Waals surface area contributed by atoms with Crippen LogP contribution in [0, 0.1) is 0 Å². The average molecular weight is 242 g/mol. The lowest BCUT2D eigenvalue weighted by molar-refractivity contribution is 0.0691. The quantitative estimate of drug-likeness (QED) is 0.879. The van der Waals surface area contributed by atoms with Crippen LogP contribution in [0.5, 0.6) is 0 Å². The number of carbonyl (C=O) groups is 1. The van der Waals surface area contributed by atoms with Gasteiger partial charge in [-0.15, -0.1) is 0 Å². The summed E-state index contributed by atoms with van der Waals surface area (Å²) in [7, 11) is 0. The molecule has 1 N–H and O–H groups in total. The standard InChI is InChI=1S/C14H14N2O2/c17-14(18)11-7-6-10-4-3-5-12(13(10)15-11)16-8-1-2-9-16/h3-7H,1-2,8-9H2,(H,17,18). The van der Waals surface area contributed by atoms with E-state index < -0.39 is 5.97 Å². The molecule has 1 saturated heterocycles. The monoisotopic (exact) mass is 242 g/mol. The molecular weight excluding hydrogens is 228 g/mol. The first kappa shape index (κ1) is 11.0. The lowest BCUT2D eigenvalue weighted by Crippen LogP contribution is -2.18. The third kappa shape index (κ3) is 1.79. The summed E-state index contributed by atoms with van der Waals surface area (Å²) in [5, 5.41) is 10.0. The van der Waals surface area contributed by atoms with Gasteiger partial charge in [0, 0.05) is 18.5 Å². The van der Waals surface area contributed by atoms with Gasteiger partial charge < -0.3 is 10.0 Å². The van der Waals surface area contributed by atoms with Gasteiger partial charge in [0.1, 0.15) is 5.69 Å². The number of nitrogens with zero attached hydrogens (tertiary/aromatic N) is 2. The molecule has 1 aromatic carbocycles. The van der Waals surface area contributed by atoms with Crippen LogP contribution >= 0.6 is 0 Å². The molecule has 4 nitrogen and oxygen atoms in total. The highest BCUT2D eigenvalue weighted by Crippen LogP contribution is 2.28. The van der Waals surface area contributed by atoms with Gasteiger partial charge in [-0.05, 0) is 25.0 Å². The van der Waals surface area contributed by atoms with Crippen LogP contribution in [0.15, 0.2) is 30.3 Å². The molecule has 0 unspecified atom stereocenters. The number of aromatic carboxylic acids is 1. The first-order valence-corrected chi connectivity index (χ1v) is 6.14. The molecule has 0 atom stereocenters. The van der Waals surface area contributed by atoms with Crippen LogP contribution in [0.25, 0.3) is 10.9 Å². The fraction of sp³-hybridized carbons (Fsp3) is 0.286. The second kappa shape index (κ2) is 4.29. The van der Waals surface area contributed by atoms with Gasteiger partial charge in [-0.1, -0.05) is 18.2 Å². The topological polar surface area (TPSA) is 53.4 Å². The number of pyridine rings is 1. The number of hydrogen-bond donors (Lipinski definition) is 1. The third-order valence-corrected chi connectivity index (χ3v) is 3.36. The number of hydrogen-bond acceptors (Lipinski definition) is 3. The Hall–Kier alpha value is -2.10. The number of fused-ring (bicyclic) bond motifs is 1. The maximum Gasteiger partial charge on any atom is 0.354 e. The summed E-state index contributed by atoms with van der Waals surface area (Å²) in [6.45, 7) is 2.05. The maximum absolute atomic E-state index is 11.0. The van der Waals surface area contributed by atoms with Crippen molar-refractivity contribution < 1.29 is 9.90 Å². The molecular formula is C14H14N2O2. The van der Waals surface area contributed by atoms with E-state index in [0.29, 0.717) is 0 Å². The minimum Gasteiger partial charge on any atom is -0.477 e. The van der Waals surface area contributed by atoms with Crippen molar-refractivity contribution in [3.63, 3.8) is 0 Å². The van der Waals surface area contributed by atoms with Crippen LogP contribution in [0.4, 0.5) is 5.69 Å². The lowest BCUT2D eigenvalue weighted by atomic mass is 10.1. The summed E-state index contributed by atoms with van der Waals surface area (Å²) in [5.74, 6) is -0.979. The Morgan fingerprint density at radius 3 is 2.67 bits per heavy atom. The van der Waals surface area contributed by atoms with Crippen molar-refractivity contribution in [1.29, 1.82) is 0 Å². The summed E-state index contributed by atoms with van der Waals surface area (Å²) in [5.41, 5.74) is 1.95. The van der Waals surface area contributed by atoms with Crippen LogP contribution in [0.1, 0.15) is 23.3 Å². The second-order valence-corrected chi connectivity index (χ2v) is 4.54. The van der Waals surface area contributed by atoms with E-state index in [9.17, 15) is 4.79 Å². The zero-order chi connectivity index (χ0) is 12.5. The minimum atomic E-state index is -0.979. The van der Waals surface area contributed by atoms with E-state index in [1.807, 2.05) is 24.3 Å². The van der Waals surface area contributed by atoms with Gasteiger partial charge in [-0.25, -0.2) is 9.78 Å². The number of carboxylic acids is 1. The number of anilines is 1. The van der Waals surface area contributed by atoms with Gasteiger partial charge in [-0.2, -0.15) is 0 Å². The van der Waals surface area contributed by atoms with Crippen molar-refractivity contribution in [1.82, 2.24) is 4.98 Å². The summed E-state index contributed by atoms with van der Waals surface area (Å²) >= 11 is 0. The molecule has 4 heteroatoms. The first-order chi connectivity index (χ1) is 8.75. The third-order valence-electron chi connectivity index (χ3n) is 3.36. The molecule has 1 aromatic heterocycles. The van der Waals surface area contributed by atoms with E-state index in [0.717, 1.165) is 29.7 Å². The average Bonchev–Trinajstić information content (AvgIpc) is 2.91. The zero-order valence-electron chi connectivity index (χ0n) is 9.97. The van der Waals surface area contributed by atoms with Crippen molar-refractivity contribution in [2.45, 2.75) is 12.8 Å². The number of aromatic nitrogens is 1. The molecule has 0 spiro atoms. The summed E-state index contributed by atoms with van der Waals surface area (Å²) < 4.78 is 0. The fourth-order valence-corrected chi connectivity index (χ4v) is 2.46. The van der Waals surface area contributed by atoms with Gasteiger partial charge in [0.2, 0.25) is 0 Å². The molecule has 1 aliphatic rings. The molecule has 1 fully saturated rings. The Morgan fingerprint density at radius 1 is 1.17 bits per heavy atom. The fourth-order valence-electron chi connectivity index (χ4n) is 2.46.